The maximum atomic E-state index is 14.0. The fourth-order valence-electron chi connectivity index (χ4n) is 7.11. The number of unbranched alkanes of at least 4 members (excludes halogenated alkanes) is 2. The Morgan fingerprint density at radius 2 is 1.67 bits per heavy atom. The second-order valence-corrected chi connectivity index (χ2v) is 12.8. The second kappa shape index (κ2) is 10.8. The topological polar surface area (TPSA) is 118 Å². The monoisotopic (exact) mass is 585 g/mol. The van der Waals surface area contributed by atoms with Gasteiger partial charge in [0.2, 0.25) is 5.69 Å². The molecule has 43 heavy (non-hydrogen) atoms. The molecule has 0 amide bonds. The standard InChI is InChI=1S/C35H40N2O6/c1-7-9-16-36-25-13-11-12-21(33(42)43)28(25)35(5,6)26(36)19-22-29(38)27(30(22)39)31-34(3,4)23-18-20(32(40)41)14-15-24(23)37(31)17-10-8-2/h11-15,18-19,27H,7-10,16-17H2,1-6H3,(H2-,38,39,40,41,42,43)/p+1/b26-19-. The smallest absolute Gasteiger partial charge is 0.336 e. The molecule has 8 nitrogen and oxygen atoms in total. The summed E-state index contributed by atoms with van der Waals surface area (Å²) in [5, 5.41) is 31.2. The van der Waals surface area contributed by atoms with Crippen molar-refractivity contribution in [1.29, 1.82) is 0 Å². The number of ketones is 1. The molecule has 3 aliphatic rings. The first-order valence-electron chi connectivity index (χ1n) is 15.1. The van der Waals surface area contributed by atoms with Gasteiger partial charge in [-0.15, -0.1) is 0 Å². The molecular weight excluding hydrogens is 544 g/mol. The summed E-state index contributed by atoms with van der Waals surface area (Å²) in [6.45, 7) is 13.4. The Hall–Kier alpha value is -4.20. The molecular formula is C35H41N2O6+. The fraction of sp³-hybridized carbons (Fsp3) is 0.429. The number of Topliss-reactive ketones (excluding diaryl/α,β-unsaturated/α-hetero) is 1. The summed E-state index contributed by atoms with van der Waals surface area (Å²) in [5.41, 5.74) is 4.00. The van der Waals surface area contributed by atoms with Crippen molar-refractivity contribution in [2.24, 2.45) is 5.92 Å². The third-order valence-electron chi connectivity index (χ3n) is 9.36. The molecule has 0 bridgehead atoms. The largest absolute Gasteiger partial charge is 0.510 e. The lowest BCUT2D eigenvalue weighted by Crippen LogP contribution is -2.46. The number of hydrogen-bond acceptors (Lipinski definition) is 5. The van der Waals surface area contributed by atoms with E-state index < -0.39 is 28.7 Å². The molecule has 226 valence electrons. The Kier molecular flexibility index (Phi) is 7.61. The summed E-state index contributed by atoms with van der Waals surface area (Å²) in [6, 6.07) is 10.4. The van der Waals surface area contributed by atoms with Crippen molar-refractivity contribution in [2.45, 2.75) is 78.1 Å². The molecule has 1 aliphatic carbocycles. The van der Waals surface area contributed by atoms with Gasteiger partial charge >= 0.3 is 11.9 Å². The van der Waals surface area contributed by atoms with Crippen LogP contribution in [-0.2, 0) is 15.6 Å². The van der Waals surface area contributed by atoms with E-state index in [0.717, 1.165) is 54.0 Å². The molecule has 0 saturated heterocycles. The van der Waals surface area contributed by atoms with Crippen molar-refractivity contribution in [2.75, 3.05) is 18.0 Å². The van der Waals surface area contributed by atoms with Crippen LogP contribution in [0.2, 0.25) is 0 Å². The van der Waals surface area contributed by atoms with Gasteiger partial charge in [0.1, 0.15) is 12.3 Å². The lowest BCUT2D eigenvalue weighted by atomic mass is 9.68. The van der Waals surface area contributed by atoms with E-state index in [9.17, 15) is 29.7 Å². The highest BCUT2D eigenvalue weighted by atomic mass is 16.4. The summed E-state index contributed by atoms with van der Waals surface area (Å²) in [7, 11) is 0. The Labute approximate surface area is 252 Å². The van der Waals surface area contributed by atoms with E-state index in [2.05, 4.69) is 23.3 Å². The van der Waals surface area contributed by atoms with Crippen LogP contribution in [0.5, 0.6) is 0 Å². The molecule has 0 saturated carbocycles. The lowest BCUT2D eigenvalue weighted by molar-refractivity contribution is -0.441. The Bertz CT molecular complexity index is 1640. The van der Waals surface area contributed by atoms with E-state index in [1.807, 2.05) is 33.8 Å². The number of aromatic carboxylic acids is 2. The number of anilines is 1. The minimum Gasteiger partial charge on any atom is -0.510 e. The lowest BCUT2D eigenvalue weighted by Gasteiger charge is -2.32. The zero-order valence-corrected chi connectivity index (χ0v) is 25.8. The second-order valence-electron chi connectivity index (χ2n) is 12.8. The van der Waals surface area contributed by atoms with E-state index in [0.29, 0.717) is 18.7 Å². The molecule has 3 N–H and O–H groups in total. The molecule has 0 aromatic heterocycles. The van der Waals surface area contributed by atoms with Gasteiger partial charge in [0, 0.05) is 47.0 Å². The number of carboxylic acid groups (broad SMARTS) is 2. The third kappa shape index (κ3) is 4.58. The molecule has 1 unspecified atom stereocenters. The van der Waals surface area contributed by atoms with Crippen LogP contribution < -0.4 is 4.90 Å². The summed E-state index contributed by atoms with van der Waals surface area (Å²) in [4.78, 5) is 40.1. The predicted molar refractivity (Wildman–Crippen MR) is 166 cm³/mol. The number of fused-ring (bicyclic) bond motifs is 2. The molecule has 0 radical (unpaired) electrons. The molecule has 2 aromatic rings. The number of hydrogen-bond donors (Lipinski definition) is 3. The van der Waals surface area contributed by atoms with Gasteiger partial charge in [0.05, 0.1) is 22.1 Å². The number of carbonyl (C=O) groups is 3. The van der Waals surface area contributed by atoms with E-state index >= 15 is 0 Å². The number of benzene rings is 2. The van der Waals surface area contributed by atoms with Gasteiger partial charge in [-0.05, 0) is 50.6 Å². The Morgan fingerprint density at radius 3 is 2.28 bits per heavy atom. The van der Waals surface area contributed by atoms with E-state index in [1.165, 1.54) is 0 Å². The molecule has 2 aliphatic heterocycles. The van der Waals surface area contributed by atoms with Crippen LogP contribution in [-0.4, -0.2) is 56.4 Å². The van der Waals surface area contributed by atoms with Crippen molar-refractivity contribution < 1.29 is 34.3 Å². The summed E-state index contributed by atoms with van der Waals surface area (Å²) in [6.07, 6.45) is 5.38. The third-order valence-corrected chi connectivity index (χ3v) is 9.36. The van der Waals surface area contributed by atoms with Gasteiger partial charge in [0.15, 0.2) is 17.4 Å². The van der Waals surface area contributed by atoms with Crippen molar-refractivity contribution in [3.05, 3.63) is 81.8 Å². The highest BCUT2D eigenvalue weighted by Crippen LogP contribution is 2.52. The number of rotatable bonds is 10. The first-order valence-corrected chi connectivity index (χ1v) is 15.1. The number of carboxylic acids is 2. The van der Waals surface area contributed by atoms with Gasteiger partial charge in [-0.25, -0.2) is 9.59 Å². The number of aliphatic hydroxyl groups is 1. The van der Waals surface area contributed by atoms with Crippen LogP contribution in [0.15, 0.2) is 59.5 Å². The molecule has 0 fully saturated rings. The van der Waals surface area contributed by atoms with Crippen molar-refractivity contribution in [3.63, 3.8) is 0 Å². The van der Waals surface area contributed by atoms with Crippen molar-refractivity contribution in [3.8, 4) is 0 Å². The maximum absolute atomic E-state index is 14.0. The minimum absolute atomic E-state index is 0.00556. The number of carbonyl (C=O) groups excluding carboxylic acids is 1. The first-order chi connectivity index (χ1) is 20.3. The van der Waals surface area contributed by atoms with Crippen molar-refractivity contribution >= 4 is 34.8 Å². The zero-order valence-electron chi connectivity index (χ0n) is 25.8. The Morgan fingerprint density at radius 1 is 0.977 bits per heavy atom. The maximum Gasteiger partial charge on any atom is 0.336 e. The summed E-state index contributed by atoms with van der Waals surface area (Å²) in [5.74, 6) is -3.05. The highest BCUT2D eigenvalue weighted by Gasteiger charge is 2.57. The summed E-state index contributed by atoms with van der Waals surface area (Å²) >= 11 is 0. The minimum atomic E-state index is -1.01. The number of nitrogens with zero attached hydrogens (tertiary/aromatic N) is 2. The normalized spacial score (nSPS) is 20.9. The average molecular weight is 586 g/mol. The SMILES string of the molecule is CCCCN1/C(=C\C2=C(O)C(C3=[N+](CCCC)c4ccc(C(=O)O)cc4C3(C)C)C2=O)C(C)(C)c2c(C(=O)O)cccc21. The molecule has 0 spiro atoms. The highest BCUT2D eigenvalue weighted by molar-refractivity contribution is 6.23. The zero-order chi connectivity index (χ0) is 31.4. The van der Waals surface area contributed by atoms with E-state index in [-0.39, 0.29) is 28.2 Å². The van der Waals surface area contributed by atoms with Crippen LogP contribution >= 0.6 is 0 Å². The number of aliphatic hydroxyl groups excluding tert-OH is 1. The van der Waals surface area contributed by atoms with Crippen LogP contribution in [0.1, 0.15) is 99.1 Å². The average Bonchev–Trinajstić information content (AvgIpc) is 3.31. The van der Waals surface area contributed by atoms with Gasteiger partial charge in [-0.1, -0.05) is 46.6 Å². The van der Waals surface area contributed by atoms with Gasteiger partial charge < -0.3 is 20.2 Å². The van der Waals surface area contributed by atoms with E-state index in [1.54, 1.807) is 36.4 Å². The van der Waals surface area contributed by atoms with Gasteiger partial charge in [-0.3, -0.25) is 4.79 Å². The van der Waals surface area contributed by atoms with Crippen LogP contribution in [0.4, 0.5) is 11.4 Å². The van der Waals surface area contributed by atoms with Gasteiger partial charge in [-0.2, -0.15) is 4.58 Å². The predicted octanol–water partition coefficient (Wildman–Crippen LogP) is 6.75. The fourth-order valence-corrected chi connectivity index (χ4v) is 7.11. The van der Waals surface area contributed by atoms with E-state index in [4.69, 9.17) is 0 Å². The van der Waals surface area contributed by atoms with Gasteiger partial charge in [0.25, 0.3) is 0 Å². The van der Waals surface area contributed by atoms with Crippen molar-refractivity contribution in [1.82, 2.24) is 0 Å². The molecule has 5 rings (SSSR count). The molecule has 8 heteroatoms. The first kappa shape index (κ1) is 30.3. The molecule has 2 aromatic carbocycles. The van der Waals surface area contributed by atoms with Crippen LogP contribution in [0.25, 0.3) is 0 Å². The molecule has 1 atom stereocenters. The number of allylic oxidation sites excluding steroid dienone is 4. The quantitative estimate of drug-likeness (QED) is 0.264. The van der Waals surface area contributed by atoms with Crippen LogP contribution in [0, 0.1) is 5.92 Å². The Balaban J connectivity index is 1.63. The summed E-state index contributed by atoms with van der Waals surface area (Å²) < 4.78 is 2.09. The molecule has 2 heterocycles. The van der Waals surface area contributed by atoms with Crippen LogP contribution in [0.3, 0.4) is 0 Å².